The van der Waals surface area contributed by atoms with E-state index in [2.05, 4.69) is 40.9 Å². The van der Waals surface area contributed by atoms with Gasteiger partial charge in [0.25, 0.3) is 0 Å². The lowest BCUT2D eigenvalue weighted by atomic mass is 10.1. The van der Waals surface area contributed by atoms with Crippen LogP contribution in [0.1, 0.15) is 13.8 Å². The molecule has 1 aliphatic rings. The van der Waals surface area contributed by atoms with E-state index in [1.165, 1.54) is 0 Å². The smallest absolute Gasteiger partial charge is 0.315 e. The summed E-state index contributed by atoms with van der Waals surface area (Å²) < 4.78 is 0. The predicted molar refractivity (Wildman–Crippen MR) is 79.3 cm³/mol. The summed E-state index contributed by atoms with van der Waals surface area (Å²) >= 11 is 0. The van der Waals surface area contributed by atoms with Gasteiger partial charge < -0.3 is 20.4 Å². The number of carbonyl (C=O) groups is 1. The molecule has 0 aromatic heterocycles. The minimum atomic E-state index is -0.109. The number of likely N-dealkylation sites (N-methyl/N-ethyl adjacent to an activating group) is 1. The lowest BCUT2D eigenvalue weighted by Gasteiger charge is -2.35. The van der Waals surface area contributed by atoms with Crippen molar-refractivity contribution in [2.24, 2.45) is 5.92 Å². The minimum absolute atomic E-state index is 0.109. The highest BCUT2D eigenvalue weighted by Crippen LogP contribution is 2.04. The van der Waals surface area contributed by atoms with Crippen LogP contribution in [0.25, 0.3) is 0 Å². The maximum Gasteiger partial charge on any atom is 0.315 e. The van der Waals surface area contributed by atoms with E-state index in [0.29, 0.717) is 12.5 Å². The molecule has 1 unspecified atom stereocenters. The van der Waals surface area contributed by atoms with Crippen molar-refractivity contribution in [1.29, 1.82) is 0 Å². The van der Waals surface area contributed by atoms with Gasteiger partial charge in [0.2, 0.25) is 0 Å². The number of hydrogen-bond donors (Lipinski definition) is 2. The molecule has 1 saturated heterocycles. The molecule has 1 rings (SSSR count). The van der Waals surface area contributed by atoms with Crippen molar-refractivity contribution in [3.8, 4) is 0 Å². The number of hydrogen-bond acceptors (Lipinski definition) is 3. The van der Waals surface area contributed by atoms with Crippen molar-refractivity contribution in [1.82, 2.24) is 20.4 Å². The first-order valence-electron chi connectivity index (χ1n) is 7.23. The van der Waals surface area contributed by atoms with Crippen LogP contribution in [0.5, 0.6) is 0 Å². The number of urea groups is 1. The van der Waals surface area contributed by atoms with E-state index in [-0.39, 0.29) is 6.03 Å². The first kappa shape index (κ1) is 16.0. The largest absolute Gasteiger partial charge is 0.338 e. The topological polar surface area (TPSA) is 47.6 Å². The first-order chi connectivity index (χ1) is 9.15. The molecule has 19 heavy (non-hydrogen) atoms. The van der Waals surface area contributed by atoms with Gasteiger partial charge >= 0.3 is 6.03 Å². The van der Waals surface area contributed by atoms with E-state index >= 15 is 0 Å². The molecule has 1 fully saturated rings. The number of nitrogens with zero attached hydrogens (tertiary/aromatic N) is 2. The molecule has 2 N–H and O–H groups in total. The summed E-state index contributed by atoms with van der Waals surface area (Å²) in [6.45, 7) is 16.0. The van der Waals surface area contributed by atoms with Crippen LogP contribution in [0.15, 0.2) is 12.7 Å². The van der Waals surface area contributed by atoms with E-state index in [1.807, 2.05) is 0 Å². The van der Waals surface area contributed by atoms with Crippen molar-refractivity contribution < 1.29 is 4.79 Å². The van der Waals surface area contributed by atoms with Crippen LogP contribution < -0.4 is 10.6 Å². The lowest BCUT2D eigenvalue weighted by Crippen LogP contribution is -2.48. The monoisotopic (exact) mass is 268 g/mol. The van der Waals surface area contributed by atoms with Gasteiger partial charge in [-0.15, -0.1) is 6.58 Å². The molecule has 1 aliphatic heterocycles. The molecule has 2 amide bonds. The fourth-order valence-electron chi connectivity index (χ4n) is 2.29. The third kappa shape index (κ3) is 6.59. The molecular formula is C14H28N4O. The fourth-order valence-corrected chi connectivity index (χ4v) is 2.29. The highest BCUT2D eigenvalue weighted by atomic mass is 16.2. The molecule has 0 radical (unpaired) electrons. The second kappa shape index (κ2) is 8.93. The number of carbonyl (C=O) groups excluding carboxylic acids is 1. The fraction of sp³-hybridized carbons (Fsp3) is 0.786. The van der Waals surface area contributed by atoms with Crippen molar-refractivity contribution >= 4 is 6.03 Å². The van der Waals surface area contributed by atoms with E-state index in [9.17, 15) is 4.79 Å². The zero-order chi connectivity index (χ0) is 14.1. The first-order valence-corrected chi connectivity index (χ1v) is 7.23. The normalized spacial score (nSPS) is 18.8. The van der Waals surface area contributed by atoms with E-state index in [0.717, 1.165) is 45.8 Å². The minimum Gasteiger partial charge on any atom is -0.338 e. The summed E-state index contributed by atoms with van der Waals surface area (Å²) in [6, 6.07) is -0.109. The molecule has 0 aromatic carbocycles. The molecule has 0 aromatic rings. The van der Waals surface area contributed by atoms with Gasteiger partial charge in [0.15, 0.2) is 0 Å². The number of rotatable bonds is 7. The van der Waals surface area contributed by atoms with Crippen molar-refractivity contribution in [3.05, 3.63) is 12.7 Å². The molecule has 5 heteroatoms. The standard InChI is InChI=1S/C14H28N4O/c1-4-6-15-14(19)16-11-13(3)12-18-9-7-17(5-2)8-10-18/h4,13H,1,5-12H2,2-3H3,(H2,15,16,19). The molecule has 0 spiro atoms. The summed E-state index contributed by atoms with van der Waals surface area (Å²) in [5.74, 6) is 0.475. The van der Waals surface area contributed by atoms with Crippen LogP contribution in [-0.2, 0) is 0 Å². The van der Waals surface area contributed by atoms with Gasteiger partial charge in [-0.05, 0) is 12.5 Å². The van der Waals surface area contributed by atoms with Crippen LogP contribution >= 0.6 is 0 Å². The van der Waals surface area contributed by atoms with Crippen LogP contribution in [0, 0.1) is 5.92 Å². The van der Waals surface area contributed by atoms with Gasteiger partial charge in [-0.2, -0.15) is 0 Å². The number of nitrogens with one attached hydrogen (secondary N) is 2. The average Bonchev–Trinajstić information content (AvgIpc) is 2.43. The quantitative estimate of drug-likeness (QED) is 0.670. The van der Waals surface area contributed by atoms with Gasteiger partial charge in [0, 0.05) is 45.8 Å². The third-order valence-electron chi connectivity index (χ3n) is 3.50. The van der Waals surface area contributed by atoms with Crippen molar-refractivity contribution in [2.45, 2.75) is 13.8 Å². The Bertz CT molecular complexity index is 275. The van der Waals surface area contributed by atoms with Crippen molar-refractivity contribution in [2.75, 3.05) is 52.4 Å². The molecule has 0 bridgehead atoms. The van der Waals surface area contributed by atoms with Crippen LogP contribution in [0.4, 0.5) is 4.79 Å². The van der Waals surface area contributed by atoms with Gasteiger partial charge in [0.1, 0.15) is 0 Å². The molecule has 1 atom stereocenters. The Morgan fingerprint density at radius 2 is 1.89 bits per heavy atom. The Labute approximate surface area is 117 Å². The maximum absolute atomic E-state index is 11.4. The lowest BCUT2D eigenvalue weighted by molar-refractivity contribution is 0.124. The Kier molecular flexibility index (Phi) is 7.52. The van der Waals surface area contributed by atoms with Crippen molar-refractivity contribution in [3.63, 3.8) is 0 Å². The summed E-state index contributed by atoms with van der Waals surface area (Å²) in [7, 11) is 0. The molecule has 1 heterocycles. The maximum atomic E-state index is 11.4. The predicted octanol–water partition coefficient (Wildman–Crippen LogP) is 0.745. The van der Waals surface area contributed by atoms with Gasteiger partial charge in [-0.25, -0.2) is 4.79 Å². The van der Waals surface area contributed by atoms with Gasteiger partial charge in [-0.3, -0.25) is 0 Å². The van der Waals surface area contributed by atoms with Gasteiger partial charge in [-0.1, -0.05) is 19.9 Å². The second-order valence-electron chi connectivity index (χ2n) is 5.22. The van der Waals surface area contributed by atoms with E-state index < -0.39 is 0 Å². The Morgan fingerprint density at radius 1 is 1.26 bits per heavy atom. The summed E-state index contributed by atoms with van der Waals surface area (Å²) in [5, 5.41) is 5.61. The average molecular weight is 268 g/mol. The molecular weight excluding hydrogens is 240 g/mol. The Hall–Kier alpha value is -1.07. The molecule has 0 aliphatic carbocycles. The number of amides is 2. The molecule has 0 saturated carbocycles. The van der Waals surface area contributed by atoms with E-state index in [4.69, 9.17) is 0 Å². The second-order valence-corrected chi connectivity index (χ2v) is 5.22. The van der Waals surface area contributed by atoms with Crippen LogP contribution in [0.2, 0.25) is 0 Å². The highest BCUT2D eigenvalue weighted by molar-refractivity contribution is 5.73. The highest BCUT2D eigenvalue weighted by Gasteiger charge is 2.17. The summed E-state index contributed by atoms with van der Waals surface area (Å²) in [6.07, 6.45) is 1.68. The Balaban J connectivity index is 2.12. The summed E-state index contributed by atoms with van der Waals surface area (Å²) in [5.41, 5.74) is 0. The molecule has 5 nitrogen and oxygen atoms in total. The van der Waals surface area contributed by atoms with Crippen LogP contribution in [0.3, 0.4) is 0 Å². The Morgan fingerprint density at radius 3 is 2.47 bits per heavy atom. The van der Waals surface area contributed by atoms with Gasteiger partial charge in [0.05, 0.1) is 0 Å². The third-order valence-corrected chi connectivity index (χ3v) is 3.50. The summed E-state index contributed by atoms with van der Waals surface area (Å²) in [4.78, 5) is 16.4. The van der Waals surface area contributed by atoms with Crippen LogP contribution in [-0.4, -0.2) is 68.2 Å². The SMILES string of the molecule is C=CCNC(=O)NCC(C)CN1CCN(CC)CC1. The zero-order valence-electron chi connectivity index (χ0n) is 12.3. The molecule has 110 valence electrons. The number of piperazine rings is 1. The van der Waals surface area contributed by atoms with E-state index in [1.54, 1.807) is 6.08 Å². The zero-order valence-corrected chi connectivity index (χ0v) is 12.3.